The number of hydrogen-bond donors (Lipinski definition) is 1. The largest absolute Gasteiger partial charge is 0.380 e. The second-order valence-corrected chi connectivity index (χ2v) is 3.83. The minimum absolute atomic E-state index is 0.300. The Bertz CT molecular complexity index is 111. The molecular weight excluding hydrogens is 186 g/mol. The monoisotopic (exact) mass is 207 g/mol. The topological polar surface area (TPSA) is 21.3 Å². The van der Waals surface area contributed by atoms with Gasteiger partial charge in [-0.3, -0.25) is 0 Å². The van der Waals surface area contributed by atoms with Gasteiger partial charge >= 0.3 is 0 Å². The summed E-state index contributed by atoms with van der Waals surface area (Å²) in [7, 11) is 1.74. The van der Waals surface area contributed by atoms with Crippen molar-refractivity contribution in [2.24, 2.45) is 5.92 Å². The molecule has 0 saturated heterocycles. The first kappa shape index (κ1) is 13.2. The zero-order chi connectivity index (χ0) is 10.1. The van der Waals surface area contributed by atoms with Gasteiger partial charge in [0.25, 0.3) is 0 Å². The lowest BCUT2D eigenvalue weighted by atomic mass is 10.0. The molecule has 0 radical (unpaired) electrons. The van der Waals surface area contributed by atoms with Crippen LogP contribution < -0.4 is 5.32 Å². The van der Waals surface area contributed by atoms with E-state index in [1.165, 1.54) is 6.42 Å². The molecule has 0 aromatic heterocycles. The highest BCUT2D eigenvalue weighted by Gasteiger charge is 2.05. The lowest BCUT2D eigenvalue weighted by Crippen LogP contribution is -2.30. The van der Waals surface area contributed by atoms with Gasteiger partial charge in [-0.2, -0.15) is 0 Å². The molecular formula is C10H22ClNO. The van der Waals surface area contributed by atoms with E-state index >= 15 is 0 Å². The Kier molecular flexibility index (Phi) is 8.93. The van der Waals surface area contributed by atoms with Gasteiger partial charge in [-0.15, -0.1) is 11.6 Å². The molecule has 0 fully saturated rings. The highest BCUT2D eigenvalue weighted by Crippen LogP contribution is 2.07. The summed E-state index contributed by atoms with van der Waals surface area (Å²) in [6.45, 7) is 6.25. The predicted octanol–water partition coefficient (Wildman–Crippen LogP) is 2.27. The molecule has 0 heterocycles. The van der Waals surface area contributed by atoms with Crippen molar-refractivity contribution in [3.05, 3.63) is 0 Å². The normalized spacial score (nSPS) is 15.7. The van der Waals surface area contributed by atoms with E-state index in [1.54, 1.807) is 7.11 Å². The van der Waals surface area contributed by atoms with Crippen LogP contribution in [0, 0.1) is 5.92 Å². The summed E-state index contributed by atoms with van der Waals surface area (Å²) in [5.41, 5.74) is 0. The molecule has 1 N–H and O–H groups in total. The van der Waals surface area contributed by atoms with Crippen LogP contribution in [0.25, 0.3) is 0 Å². The highest BCUT2D eigenvalue weighted by molar-refractivity contribution is 6.17. The van der Waals surface area contributed by atoms with E-state index in [9.17, 15) is 0 Å². The predicted molar refractivity (Wildman–Crippen MR) is 58.5 cm³/mol. The quantitative estimate of drug-likeness (QED) is 0.617. The molecule has 0 rings (SSSR count). The summed E-state index contributed by atoms with van der Waals surface area (Å²) in [4.78, 5) is 0. The molecule has 0 aliphatic rings. The van der Waals surface area contributed by atoms with Crippen molar-refractivity contribution in [3.63, 3.8) is 0 Å². The van der Waals surface area contributed by atoms with Gasteiger partial charge in [0.2, 0.25) is 0 Å². The van der Waals surface area contributed by atoms with Gasteiger partial charge in [0, 0.05) is 19.5 Å². The molecule has 0 aliphatic heterocycles. The number of alkyl halides is 1. The Morgan fingerprint density at radius 3 is 2.54 bits per heavy atom. The zero-order valence-corrected chi connectivity index (χ0v) is 9.73. The van der Waals surface area contributed by atoms with Crippen molar-refractivity contribution in [1.82, 2.24) is 5.32 Å². The molecule has 80 valence electrons. The molecule has 0 bridgehead atoms. The fourth-order valence-corrected chi connectivity index (χ4v) is 1.49. The third-order valence-electron chi connectivity index (χ3n) is 2.36. The van der Waals surface area contributed by atoms with Gasteiger partial charge in [-0.25, -0.2) is 0 Å². The molecule has 0 aliphatic carbocycles. The third-order valence-corrected chi connectivity index (χ3v) is 2.58. The Hall–Kier alpha value is 0.210. The second kappa shape index (κ2) is 8.79. The van der Waals surface area contributed by atoms with E-state index in [4.69, 9.17) is 16.3 Å². The molecule has 13 heavy (non-hydrogen) atoms. The molecule has 2 unspecified atom stereocenters. The second-order valence-electron chi connectivity index (χ2n) is 3.46. The summed E-state index contributed by atoms with van der Waals surface area (Å²) in [5.74, 6) is 1.47. The summed E-state index contributed by atoms with van der Waals surface area (Å²) >= 11 is 5.69. The van der Waals surface area contributed by atoms with Crippen molar-refractivity contribution in [3.8, 4) is 0 Å². The fraction of sp³-hybridized carbons (Fsp3) is 1.00. The van der Waals surface area contributed by atoms with Gasteiger partial charge in [0.15, 0.2) is 0 Å². The Morgan fingerprint density at radius 2 is 2.08 bits per heavy atom. The van der Waals surface area contributed by atoms with Gasteiger partial charge in [0.1, 0.15) is 0 Å². The van der Waals surface area contributed by atoms with Crippen molar-refractivity contribution in [2.45, 2.75) is 32.8 Å². The average molecular weight is 208 g/mol. The summed E-state index contributed by atoms with van der Waals surface area (Å²) in [6, 6.07) is 0. The van der Waals surface area contributed by atoms with Crippen LogP contribution in [-0.4, -0.2) is 32.2 Å². The maximum Gasteiger partial charge on any atom is 0.0667 e. The minimum Gasteiger partial charge on any atom is -0.380 e. The minimum atomic E-state index is 0.300. The van der Waals surface area contributed by atoms with E-state index in [-0.39, 0.29) is 0 Å². The van der Waals surface area contributed by atoms with Gasteiger partial charge in [-0.05, 0) is 25.8 Å². The third kappa shape index (κ3) is 7.29. The van der Waals surface area contributed by atoms with Gasteiger partial charge in [0.05, 0.1) is 6.10 Å². The Morgan fingerprint density at radius 1 is 1.38 bits per heavy atom. The van der Waals surface area contributed by atoms with Crippen LogP contribution >= 0.6 is 11.6 Å². The van der Waals surface area contributed by atoms with Crippen LogP contribution in [0.5, 0.6) is 0 Å². The molecule has 3 heteroatoms. The molecule has 0 spiro atoms. The SMILES string of the molecule is CCC(CCCl)CNCC(C)OC. The zero-order valence-electron chi connectivity index (χ0n) is 8.98. The fourth-order valence-electron chi connectivity index (χ4n) is 1.18. The van der Waals surface area contributed by atoms with Gasteiger partial charge in [-0.1, -0.05) is 13.3 Å². The van der Waals surface area contributed by atoms with E-state index in [0.717, 1.165) is 25.4 Å². The highest BCUT2D eigenvalue weighted by atomic mass is 35.5. The summed E-state index contributed by atoms with van der Waals surface area (Å²) < 4.78 is 5.14. The van der Waals surface area contributed by atoms with Crippen LogP contribution in [0.2, 0.25) is 0 Å². The molecule has 2 nitrogen and oxygen atoms in total. The number of nitrogens with one attached hydrogen (secondary N) is 1. The molecule has 0 saturated carbocycles. The Labute approximate surface area is 87.0 Å². The van der Waals surface area contributed by atoms with Crippen molar-refractivity contribution in [2.75, 3.05) is 26.1 Å². The number of rotatable bonds is 8. The lowest BCUT2D eigenvalue weighted by molar-refractivity contribution is 0.116. The average Bonchev–Trinajstić information content (AvgIpc) is 2.16. The maximum atomic E-state index is 5.69. The summed E-state index contributed by atoms with van der Waals surface area (Å²) in [5, 5.41) is 3.39. The van der Waals surface area contributed by atoms with Crippen molar-refractivity contribution < 1.29 is 4.74 Å². The van der Waals surface area contributed by atoms with E-state index in [0.29, 0.717) is 12.0 Å². The van der Waals surface area contributed by atoms with Crippen LogP contribution in [0.4, 0.5) is 0 Å². The van der Waals surface area contributed by atoms with Crippen molar-refractivity contribution in [1.29, 1.82) is 0 Å². The van der Waals surface area contributed by atoms with Crippen LogP contribution in [0.3, 0.4) is 0 Å². The number of halogens is 1. The first-order chi connectivity index (χ1) is 6.24. The van der Waals surface area contributed by atoms with E-state index < -0.39 is 0 Å². The van der Waals surface area contributed by atoms with Gasteiger partial charge < -0.3 is 10.1 Å². The van der Waals surface area contributed by atoms with Crippen LogP contribution in [0.15, 0.2) is 0 Å². The number of methoxy groups -OCH3 is 1. The first-order valence-electron chi connectivity index (χ1n) is 5.04. The van der Waals surface area contributed by atoms with Crippen LogP contribution in [-0.2, 0) is 4.74 Å². The van der Waals surface area contributed by atoms with E-state index in [2.05, 4.69) is 19.2 Å². The number of hydrogen-bond acceptors (Lipinski definition) is 2. The summed E-state index contributed by atoms with van der Waals surface area (Å²) in [6.07, 6.45) is 2.60. The van der Waals surface area contributed by atoms with Crippen molar-refractivity contribution >= 4 is 11.6 Å². The van der Waals surface area contributed by atoms with E-state index in [1.807, 2.05) is 0 Å². The molecule has 2 atom stereocenters. The first-order valence-corrected chi connectivity index (χ1v) is 5.57. The number of ether oxygens (including phenoxy) is 1. The molecule has 0 amide bonds. The smallest absolute Gasteiger partial charge is 0.0667 e. The maximum absolute atomic E-state index is 5.69. The standard InChI is InChI=1S/C10H22ClNO/c1-4-10(5-6-11)8-12-7-9(2)13-3/h9-10,12H,4-8H2,1-3H3. The Balaban J connectivity index is 3.37. The molecule has 0 aromatic carbocycles. The molecule has 0 aromatic rings. The van der Waals surface area contributed by atoms with Crippen LogP contribution in [0.1, 0.15) is 26.7 Å². The lowest BCUT2D eigenvalue weighted by Gasteiger charge is -2.16.